The summed E-state index contributed by atoms with van der Waals surface area (Å²) in [5, 5.41) is 3.13. The average molecular weight is 391 g/mol. The van der Waals surface area contributed by atoms with Gasteiger partial charge in [-0.1, -0.05) is 28.1 Å². The summed E-state index contributed by atoms with van der Waals surface area (Å²) < 4.78 is 14.6. The molecule has 0 aliphatic carbocycles. The quantitative estimate of drug-likeness (QED) is 0.617. The fourth-order valence-electron chi connectivity index (χ4n) is 2.32. The van der Waals surface area contributed by atoms with Crippen molar-refractivity contribution in [2.24, 2.45) is 0 Å². The van der Waals surface area contributed by atoms with Gasteiger partial charge in [0.25, 0.3) is 5.91 Å². The molecule has 1 aliphatic heterocycles. The number of hydrogen-bond acceptors (Lipinski definition) is 2. The van der Waals surface area contributed by atoms with E-state index in [0.717, 1.165) is 10.0 Å². The maximum Gasteiger partial charge on any atom is 0.281 e. The number of amides is 1. The van der Waals surface area contributed by atoms with Gasteiger partial charge in [-0.2, -0.15) is 0 Å². The predicted octanol–water partition coefficient (Wildman–Crippen LogP) is 4.16. The van der Waals surface area contributed by atoms with E-state index in [0.29, 0.717) is 11.3 Å². The van der Waals surface area contributed by atoms with Crippen molar-refractivity contribution >= 4 is 50.9 Å². The largest absolute Gasteiger partial charge is 0.327 e. The molecule has 1 amide bonds. The molecular formula is C17H12BrFN2OS. The van der Waals surface area contributed by atoms with Gasteiger partial charge in [0.05, 0.1) is 5.69 Å². The van der Waals surface area contributed by atoms with Gasteiger partial charge >= 0.3 is 0 Å². The molecule has 116 valence electrons. The summed E-state index contributed by atoms with van der Waals surface area (Å²) >= 11 is 8.54. The van der Waals surface area contributed by atoms with Crippen molar-refractivity contribution in [2.45, 2.75) is 6.92 Å². The fraction of sp³-hybridized carbons (Fsp3) is 0.0588. The van der Waals surface area contributed by atoms with Gasteiger partial charge in [-0.05, 0) is 61.1 Å². The Bertz CT molecular complexity index is 850. The smallest absolute Gasteiger partial charge is 0.281 e. The predicted molar refractivity (Wildman–Crippen MR) is 96.5 cm³/mol. The first kappa shape index (κ1) is 15.8. The Morgan fingerprint density at radius 3 is 2.78 bits per heavy atom. The lowest BCUT2D eigenvalue weighted by Gasteiger charge is -2.14. The van der Waals surface area contributed by atoms with Crippen LogP contribution >= 0.6 is 28.1 Å². The summed E-state index contributed by atoms with van der Waals surface area (Å²) in [4.78, 5) is 14.0. The Kier molecular flexibility index (Phi) is 4.28. The third-order valence-corrected chi connectivity index (χ3v) is 4.17. The zero-order valence-corrected chi connectivity index (χ0v) is 14.5. The number of nitrogens with zero attached hydrogens (tertiary/aromatic N) is 1. The van der Waals surface area contributed by atoms with Crippen LogP contribution in [0.3, 0.4) is 0 Å². The highest BCUT2D eigenvalue weighted by Crippen LogP contribution is 2.24. The fourth-order valence-corrected chi connectivity index (χ4v) is 2.99. The zero-order valence-electron chi connectivity index (χ0n) is 12.1. The molecule has 23 heavy (non-hydrogen) atoms. The molecular weight excluding hydrogens is 379 g/mol. The molecule has 0 atom stereocenters. The normalized spacial score (nSPS) is 16.1. The van der Waals surface area contributed by atoms with Crippen molar-refractivity contribution in [1.29, 1.82) is 0 Å². The topological polar surface area (TPSA) is 32.3 Å². The number of benzene rings is 2. The molecule has 0 aromatic heterocycles. The molecule has 1 N–H and O–H groups in total. The number of thiocarbonyl (C=S) groups is 1. The minimum Gasteiger partial charge on any atom is -0.327 e. The minimum atomic E-state index is -0.407. The molecule has 0 bridgehead atoms. The van der Waals surface area contributed by atoms with Crippen molar-refractivity contribution in [3.8, 4) is 0 Å². The number of carbonyl (C=O) groups is 1. The Labute approximate surface area is 146 Å². The van der Waals surface area contributed by atoms with E-state index in [4.69, 9.17) is 12.2 Å². The van der Waals surface area contributed by atoms with E-state index >= 15 is 0 Å². The molecule has 1 aliphatic rings. The van der Waals surface area contributed by atoms with Crippen molar-refractivity contribution in [3.05, 3.63) is 69.6 Å². The van der Waals surface area contributed by atoms with Crippen LogP contribution in [0.5, 0.6) is 0 Å². The van der Waals surface area contributed by atoms with E-state index in [1.165, 1.54) is 17.0 Å². The number of halogens is 2. The highest BCUT2D eigenvalue weighted by Gasteiger charge is 2.32. The van der Waals surface area contributed by atoms with Gasteiger partial charge in [-0.3, -0.25) is 9.69 Å². The number of hydrogen-bond donors (Lipinski definition) is 1. The van der Waals surface area contributed by atoms with Crippen LogP contribution in [0.4, 0.5) is 10.1 Å². The first-order valence-electron chi connectivity index (χ1n) is 6.84. The molecule has 1 heterocycles. The highest BCUT2D eigenvalue weighted by molar-refractivity contribution is 9.10. The third-order valence-electron chi connectivity index (χ3n) is 3.40. The van der Waals surface area contributed by atoms with Crippen LogP contribution in [-0.2, 0) is 4.79 Å². The lowest BCUT2D eigenvalue weighted by atomic mass is 10.1. The van der Waals surface area contributed by atoms with Gasteiger partial charge in [0, 0.05) is 10.0 Å². The first-order valence-corrected chi connectivity index (χ1v) is 8.05. The molecule has 6 heteroatoms. The van der Waals surface area contributed by atoms with Gasteiger partial charge in [0.15, 0.2) is 5.11 Å². The molecule has 0 saturated carbocycles. The van der Waals surface area contributed by atoms with Crippen LogP contribution in [0.25, 0.3) is 6.08 Å². The highest BCUT2D eigenvalue weighted by atomic mass is 79.9. The van der Waals surface area contributed by atoms with Crippen molar-refractivity contribution in [2.75, 3.05) is 4.90 Å². The molecule has 0 spiro atoms. The van der Waals surface area contributed by atoms with Crippen LogP contribution in [0, 0.1) is 12.7 Å². The van der Waals surface area contributed by atoms with Gasteiger partial charge in [-0.15, -0.1) is 0 Å². The van der Waals surface area contributed by atoms with Crippen LogP contribution < -0.4 is 10.2 Å². The van der Waals surface area contributed by atoms with E-state index in [-0.39, 0.29) is 16.7 Å². The standard InChI is InChI=1S/C17H12BrFN2OS/c1-10-3-2-4-13(7-10)21-16(22)15(20-17(21)23)9-11-8-12(18)5-6-14(11)19/h2-9H,1H3,(H,20,23)/b15-9+. The van der Waals surface area contributed by atoms with E-state index in [2.05, 4.69) is 21.2 Å². The molecule has 0 unspecified atom stereocenters. The molecule has 1 saturated heterocycles. The molecule has 2 aromatic rings. The number of nitrogens with one attached hydrogen (secondary N) is 1. The Morgan fingerprint density at radius 2 is 2.04 bits per heavy atom. The Balaban J connectivity index is 1.98. The van der Waals surface area contributed by atoms with Crippen molar-refractivity contribution in [1.82, 2.24) is 5.32 Å². The van der Waals surface area contributed by atoms with Crippen LogP contribution in [0.15, 0.2) is 52.6 Å². The number of anilines is 1. The van der Waals surface area contributed by atoms with E-state index < -0.39 is 5.82 Å². The average Bonchev–Trinajstić information content (AvgIpc) is 2.77. The van der Waals surface area contributed by atoms with Gasteiger partial charge in [0.2, 0.25) is 0 Å². The maximum atomic E-state index is 13.9. The lowest BCUT2D eigenvalue weighted by molar-refractivity contribution is -0.113. The van der Waals surface area contributed by atoms with Gasteiger partial charge in [-0.25, -0.2) is 4.39 Å². The van der Waals surface area contributed by atoms with Crippen molar-refractivity contribution < 1.29 is 9.18 Å². The SMILES string of the molecule is Cc1cccc(N2C(=O)/C(=C\c3cc(Br)ccc3F)NC2=S)c1. The van der Waals surface area contributed by atoms with Crippen LogP contribution in [0.1, 0.15) is 11.1 Å². The van der Waals surface area contributed by atoms with Gasteiger partial charge in [0.1, 0.15) is 11.5 Å². The van der Waals surface area contributed by atoms with E-state index in [9.17, 15) is 9.18 Å². The monoisotopic (exact) mass is 390 g/mol. The molecule has 3 rings (SSSR count). The van der Waals surface area contributed by atoms with E-state index in [1.54, 1.807) is 12.1 Å². The Hall–Kier alpha value is -2.05. The summed E-state index contributed by atoms with van der Waals surface area (Å²) in [6, 6.07) is 12.0. The summed E-state index contributed by atoms with van der Waals surface area (Å²) in [7, 11) is 0. The molecule has 2 aromatic carbocycles. The number of aryl methyl sites for hydroxylation is 1. The molecule has 0 radical (unpaired) electrons. The summed E-state index contributed by atoms with van der Waals surface area (Å²) in [5.74, 6) is -0.713. The summed E-state index contributed by atoms with van der Waals surface area (Å²) in [5.41, 5.74) is 2.26. The summed E-state index contributed by atoms with van der Waals surface area (Å²) in [6.45, 7) is 1.94. The second-order valence-corrected chi connectivity index (χ2v) is 6.44. The second kappa shape index (κ2) is 6.22. The van der Waals surface area contributed by atoms with Gasteiger partial charge < -0.3 is 5.32 Å². The Morgan fingerprint density at radius 1 is 1.26 bits per heavy atom. The van der Waals surface area contributed by atoms with Crippen molar-refractivity contribution in [3.63, 3.8) is 0 Å². The lowest BCUT2D eigenvalue weighted by Crippen LogP contribution is -2.30. The molecule has 1 fully saturated rings. The van der Waals surface area contributed by atoms with E-state index in [1.807, 2.05) is 31.2 Å². The number of rotatable bonds is 2. The minimum absolute atomic E-state index is 0.244. The first-order chi connectivity index (χ1) is 11.0. The molecule has 3 nitrogen and oxygen atoms in total. The second-order valence-electron chi connectivity index (χ2n) is 5.13. The maximum absolute atomic E-state index is 13.9. The van der Waals surface area contributed by atoms with Crippen LogP contribution in [0.2, 0.25) is 0 Å². The van der Waals surface area contributed by atoms with Crippen LogP contribution in [-0.4, -0.2) is 11.0 Å². The number of carbonyl (C=O) groups excluding carboxylic acids is 1. The summed E-state index contributed by atoms with van der Waals surface area (Å²) in [6.07, 6.45) is 1.46. The zero-order chi connectivity index (χ0) is 16.6. The third kappa shape index (κ3) is 3.18.